The van der Waals surface area contributed by atoms with Gasteiger partial charge in [-0.25, -0.2) is 4.98 Å². The zero-order valence-corrected chi connectivity index (χ0v) is 10.6. The van der Waals surface area contributed by atoms with Crippen LogP contribution in [0.5, 0.6) is 0 Å². The van der Waals surface area contributed by atoms with Gasteiger partial charge in [0.15, 0.2) is 16.7 Å². The van der Waals surface area contributed by atoms with Gasteiger partial charge in [0.1, 0.15) is 0 Å². The minimum Gasteiger partial charge on any atom is -0.340 e. The SMILES string of the molecule is Cc1ccc2[nH]c(=S)n(CCc3ncno3)c2n1. The first-order chi connectivity index (χ1) is 8.74. The second-order valence-corrected chi connectivity index (χ2v) is 4.38. The van der Waals surface area contributed by atoms with Crippen LogP contribution in [0.1, 0.15) is 11.6 Å². The Morgan fingerprint density at radius 3 is 3.11 bits per heavy atom. The van der Waals surface area contributed by atoms with Crippen LogP contribution in [0, 0.1) is 11.7 Å². The molecular formula is C11H11N5OS. The Labute approximate surface area is 108 Å². The molecule has 1 N–H and O–H groups in total. The predicted molar refractivity (Wildman–Crippen MR) is 67.7 cm³/mol. The van der Waals surface area contributed by atoms with E-state index in [-0.39, 0.29) is 0 Å². The van der Waals surface area contributed by atoms with Gasteiger partial charge in [-0.15, -0.1) is 0 Å². The summed E-state index contributed by atoms with van der Waals surface area (Å²) in [7, 11) is 0. The van der Waals surface area contributed by atoms with Crippen molar-refractivity contribution in [1.82, 2.24) is 24.7 Å². The molecule has 0 aromatic carbocycles. The molecule has 0 unspecified atom stereocenters. The Bertz CT molecular complexity index is 728. The summed E-state index contributed by atoms with van der Waals surface area (Å²) < 4.78 is 7.57. The van der Waals surface area contributed by atoms with E-state index in [0.29, 0.717) is 23.6 Å². The fraction of sp³-hybridized carbons (Fsp3) is 0.273. The lowest BCUT2D eigenvalue weighted by atomic mass is 10.3. The van der Waals surface area contributed by atoms with E-state index in [1.54, 1.807) is 0 Å². The third kappa shape index (κ3) is 1.92. The number of aromatic amines is 1. The molecule has 0 aliphatic rings. The first kappa shape index (κ1) is 11.1. The summed E-state index contributed by atoms with van der Waals surface area (Å²) in [6, 6.07) is 3.94. The monoisotopic (exact) mass is 261 g/mol. The van der Waals surface area contributed by atoms with Crippen molar-refractivity contribution >= 4 is 23.4 Å². The van der Waals surface area contributed by atoms with Crippen molar-refractivity contribution in [3.05, 3.63) is 34.8 Å². The highest BCUT2D eigenvalue weighted by molar-refractivity contribution is 7.71. The van der Waals surface area contributed by atoms with Gasteiger partial charge < -0.3 is 14.1 Å². The molecule has 7 heteroatoms. The molecule has 0 aliphatic carbocycles. The topological polar surface area (TPSA) is 72.5 Å². The maximum Gasteiger partial charge on any atom is 0.228 e. The molecular weight excluding hydrogens is 250 g/mol. The first-order valence-corrected chi connectivity index (χ1v) is 5.96. The maximum absolute atomic E-state index is 5.29. The maximum atomic E-state index is 5.29. The fourth-order valence-electron chi connectivity index (χ4n) is 1.85. The van der Waals surface area contributed by atoms with Gasteiger partial charge in [0.05, 0.1) is 5.52 Å². The quantitative estimate of drug-likeness (QED) is 0.730. The molecule has 6 nitrogen and oxygen atoms in total. The van der Waals surface area contributed by atoms with Crippen LogP contribution in [0.3, 0.4) is 0 Å². The van der Waals surface area contributed by atoms with Crippen LogP contribution in [0.15, 0.2) is 23.0 Å². The van der Waals surface area contributed by atoms with Crippen molar-refractivity contribution in [3.63, 3.8) is 0 Å². The van der Waals surface area contributed by atoms with Crippen molar-refractivity contribution in [2.24, 2.45) is 0 Å². The van der Waals surface area contributed by atoms with E-state index >= 15 is 0 Å². The third-order valence-corrected chi connectivity index (χ3v) is 3.04. The normalized spacial score (nSPS) is 11.2. The standard InChI is InChI=1S/C11H11N5OS/c1-7-2-3-8-10(14-7)16(11(18)15-8)5-4-9-12-6-13-17-9/h2-3,6H,4-5H2,1H3,(H,15,18). The van der Waals surface area contributed by atoms with Crippen LogP contribution < -0.4 is 0 Å². The van der Waals surface area contributed by atoms with E-state index < -0.39 is 0 Å². The van der Waals surface area contributed by atoms with E-state index in [0.717, 1.165) is 16.9 Å². The molecule has 3 heterocycles. The van der Waals surface area contributed by atoms with Crippen LogP contribution in [-0.4, -0.2) is 24.7 Å². The molecule has 0 spiro atoms. The molecule has 0 fully saturated rings. The van der Waals surface area contributed by atoms with Crippen molar-refractivity contribution < 1.29 is 4.52 Å². The third-order valence-electron chi connectivity index (χ3n) is 2.71. The lowest BCUT2D eigenvalue weighted by molar-refractivity contribution is 0.371. The zero-order valence-electron chi connectivity index (χ0n) is 9.75. The highest BCUT2D eigenvalue weighted by atomic mass is 32.1. The highest BCUT2D eigenvalue weighted by Gasteiger charge is 2.07. The van der Waals surface area contributed by atoms with Crippen LogP contribution in [0.4, 0.5) is 0 Å². The van der Waals surface area contributed by atoms with Crippen LogP contribution in [0.2, 0.25) is 0 Å². The molecule has 0 bridgehead atoms. The first-order valence-electron chi connectivity index (χ1n) is 5.56. The van der Waals surface area contributed by atoms with E-state index in [9.17, 15) is 0 Å². The number of H-pyrrole nitrogens is 1. The molecule has 3 aromatic heterocycles. The number of pyridine rings is 1. The molecule has 0 saturated heterocycles. The van der Waals surface area contributed by atoms with Crippen molar-refractivity contribution in [2.75, 3.05) is 0 Å². The summed E-state index contributed by atoms with van der Waals surface area (Å²) in [6.07, 6.45) is 2.03. The average molecular weight is 261 g/mol. The van der Waals surface area contributed by atoms with Gasteiger partial charge in [-0.1, -0.05) is 5.16 Å². The van der Waals surface area contributed by atoms with E-state index in [1.165, 1.54) is 6.33 Å². The number of aromatic nitrogens is 5. The van der Waals surface area contributed by atoms with Crippen molar-refractivity contribution in [1.29, 1.82) is 0 Å². The van der Waals surface area contributed by atoms with E-state index in [2.05, 4.69) is 20.1 Å². The lowest BCUT2D eigenvalue weighted by Crippen LogP contribution is -2.03. The Morgan fingerprint density at radius 2 is 2.33 bits per heavy atom. The van der Waals surface area contributed by atoms with Gasteiger partial charge in [0.25, 0.3) is 0 Å². The second-order valence-electron chi connectivity index (χ2n) is 3.99. The molecule has 3 rings (SSSR count). The summed E-state index contributed by atoms with van der Waals surface area (Å²) in [5.41, 5.74) is 2.76. The molecule has 0 saturated carbocycles. The fourth-order valence-corrected chi connectivity index (χ4v) is 2.13. The Morgan fingerprint density at radius 1 is 1.44 bits per heavy atom. The summed E-state index contributed by atoms with van der Waals surface area (Å²) in [6.45, 7) is 2.62. The van der Waals surface area contributed by atoms with Gasteiger partial charge in [0.2, 0.25) is 5.89 Å². The molecule has 3 aromatic rings. The smallest absolute Gasteiger partial charge is 0.228 e. The Kier molecular flexibility index (Phi) is 2.67. The summed E-state index contributed by atoms with van der Waals surface area (Å²) >= 11 is 5.29. The number of nitrogens with one attached hydrogen (secondary N) is 1. The van der Waals surface area contributed by atoms with Crippen LogP contribution >= 0.6 is 12.2 Å². The van der Waals surface area contributed by atoms with E-state index in [4.69, 9.17) is 16.7 Å². The zero-order chi connectivity index (χ0) is 12.5. The van der Waals surface area contributed by atoms with Gasteiger partial charge in [-0.05, 0) is 31.3 Å². The summed E-state index contributed by atoms with van der Waals surface area (Å²) in [4.78, 5) is 11.6. The molecule has 0 atom stereocenters. The molecule has 0 radical (unpaired) electrons. The van der Waals surface area contributed by atoms with Crippen LogP contribution in [0.25, 0.3) is 11.2 Å². The average Bonchev–Trinajstić information content (AvgIpc) is 2.94. The number of nitrogens with zero attached hydrogens (tertiary/aromatic N) is 4. The number of hydrogen-bond donors (Lipinski definition) is 1. The van der Waals surface area contributed by atoms with Gasteiger partial charge in [-0.3, -0.25) is 0 Å². The number of fused-ring (bicyclic) bond motifs is 1. The Hall–Kier alpha value is -2.02. The minimum absolute atomic E-state index is 0.596. The number of rotatable bonds is 3. The highest BCUT2D eigenvalue weighted by Crippen LogP contribution is 2.13. The predicted octanol–water partition coefficient (Wildman–Crippen LogP) is 2.03. The molecule has 0 aliphatic heterocycles. The van der Waals surface area contributed by atoms with Crippen LogP contribution in [-0.2, 0) is 13.0 Å². The largest absolute Gasteiger partial charge is 0.340 e. The van der Waals surface area contributed by atoms with Crippen molar-refractivity contribution in [3.8, 4) is 0 Å². The molecule has 0 amide bonds. The van der Waals surface area contributed by atoms with Gasteiger partial charge in [0, 0.05) is 18.7 Å². The lowest BCUT2D eigenvalue weighted by Gasteiger charge is -2.01. The number of aryl methyl sites for hydroxylation is 3. The second kappa shape index (κ2) is 4.34. The summed E-state index contributed by atoms with van der Waals surface area (Å²) in [5, 5.41) is 3.58. The minimum atomic E-state index is 0.596. The summed E-state index contributed by atoms with van der Waals surface area (Å²) in [5.74, 6) is 0.596. The molecule has 92 valence electrons. The van der Waals surface area contributed by atoms with Gasteiger partial charge in [-0.2, -0.15) is 4.98 Å². The Balaban J connectivity index is 1.98. The number of imidazole rings is 1. The van der Waals surface area contributed by atoms with E-state index in [1.807, 2.05) is 23.6 Å². The molecule has 18 heavy (non-hydrogen) atoms. The van der Waals surface area contributed by atoms with Crippen molar-refractivity contribution in [2.45, 2.75) is 19.9 Å². The number of hydrogen-bond acceptors (Lipinski definition) is 5. The van der Waals surface area contributed by atoms with Gasteiger partial charge >= 0.3 is 0 Å².